The van der Waals surface area contributed by atoms with E-state index in [1.165, 1.54) is 42.4 Å². The number of nitrogens with one attached hydrogen (secondary N) is 1. The standard InChI is InChI=1S/C31H42FN5O5/c1-20(36(5)30(41)42-31(2,3)4)28(39)35-25(9-6-7-15-33)29(40)37-16-8-10-26(37)22-17-23(19-34-18-22)27(38)21-11-13-24(32)14-12-21/h11-14,17-20,25-26H,6-10,15-16,33H2,1-5H3,(H,35,39). The molecule has 3 N–H and O–H groups in total. The third kappa shape index (κ3) is 8.58. The number of ether oxygens (including phenoxy) is 1. The van der Waals surface area contributed by atoms with Gasteiger partial charge in [-0.2, -0.15) is 0 Å². The first-order chi connectivity index (χ1) is 19.8. The Morgan fingerprint density at radius 2 is 1.83 bits per heavy atom. The lowest BCUT2D eigenvalue weighted by Gasteiger charge is -2.32. The Kier molecular flexibility index (Phi) is 11.2. The molecule has 0 spiro atoms. The average Bonchev–Trinajstić information content (AvgIpc) is 3.45. The van der Waals surface area contributed by atoms with Crippen LogP contribution in [0.3, 0.4) is 0 Å². The van der Waals surface area contributed by atoms with Crippen molar-refractivity contribution >= 4 is 23.7 Å². The molecular formula is C31H42FN5O5. The molecule has 1 aliphatic rings. The monoisotopic (exact) mass is 583 g/mol. The molecule has 3 rings (SSSR count). The molecule has 1 aliphatic heterocycles. The first-order valence-corrected chi connectivity index (χ1v) is 14.3. The Balaban J connectivity index is 1.78. The molecule has 11 heteroatoms. The molecule has 228 valence electrons. The number of nitrogens with zero attached hydrogens (tertiary/aromatic N) is 3. The number of hydrogen-bond donors (Lipinski definition) is 2. The first-order valence-electron chi connectivity index (χ1n) is 14.3. The number of pyridine rings is 1. The molecule has 0 bridgehead atoms. The van der Waals surface area contributed by atoms with Gasteiger partial charge in [-0.05, 0) is 102 Å². The Morgan fingerprint density at radius 3 is 2.48 bits per heavy atom. The van der Waals surface area contributed by atoms with Crippen LogP contribution in [0.4, 0.5) is 9.18 Å². The van der Waals surface area contributed by atoms with E-state index in [0.29, 0.717) is 55.5 Å². The fourth-order valence-electron chi connectivity index (χ4n) is 4.82. The molecule has 0 radical (unpaired) electrons. The van der Waals surface area contributed by atoms with Crippen molar-refractivity contribution in [1.82, 2.24) is 20.1 Å². The lowest BCUT2D eigenvalue weighted by atomic mass is 9.99. The van der Waals surface area contributed by atoms with Crippen molar-refractivity contribution in [2.75, 3.05) is 20.1 Å². The number of halogens is 1. The molecule has 1 fully saturated rings. The number of rotatable bonds is 11. The highest BCUT2D eigenvalue weighted by atomic mass is 19.1. The maximum absolute atomic E-state index is 13.9. The van der Waals surface area contributed by atoms with Crippen molar-refractivity contribution in [2.45, 2.75) is 83.5 Å². The van der Waals surface area contributed by atoms with Gasteiger partial charge in [-0.25, -0.2) is 9.18 Å². The van der Waals surface area contributed by atoms with Gasteiger partial charge >= 0.3 is 6.09 Å². The molecule has 3 unspecified atom stereocenters. The fraction of sp³-hybridized carbons (Fsp3) is 0.516. The van der Waals surface area contributed by atoms with Crippen LogP contribution in [0, 0.1) is 5.82 Å². The Morgan fingerprint density at radius 1 is 1.14 bits per heavy atom. The number of likely N-dealkylation sites (N-methyl/N-ethyl adjacent to an activating group) is 1. The van der Waals surface area contributed by atoms with E-state index in [2.05, 4.69) is 10.3 Å². The predicted molar refractivity (Wildman–Crippen MR) is 156 cm³/mol. The zero-order valence-electron chi connectivity index (χ0n) is 25.1. The van der Waals surface area contributed by atoms with Crippen LogP contribution in [-0.2, 0) is 14.3 Å². The molecule has 10 nitrogen and oxygen atoms in total. The number of nitrogens with two attached hydrogens (primary N) is 1. The SMILES string of the molecule is CC(C(=O)NC(CCCCN)C(=O)N1CCCC1c1cncc(C(=O)c2ccc(F)cc2)c1)N(C)C(=O)OC(C)(C)C. The van der Waals surface area contributed by atoms with Gasteiger partial charge in [0.2, 0.25) is 11.8 Å². The second-order valence-corrected chi connectivity index (χ2v) is 11.6. The van der Waals surface area contributed by atoms with Crippen LogP contribution in [0.5, 0.6) is 0 Å². The minimum atomic E-state index is -0.877. The molecule has 3 amide bonds. The van der Waals surface area contributed by atoms with E-state index in [1.54, 1.807) is 44.9 Å². The Labute approximate surface area is 246 Å². The van der Waals surface area contributed by atoms with Crippen molar-refractivity contribution in [3.05, 3.63) is 65.2 Å². The Hall–Kier alpha value is -3.86. The van der Waals surface area contributed by atoms with Gasteiger partial charge in [-0.3, -0.25) is 24.3 Å². The summed E-state index contributed by atoms with van der Waals surface area (Å²) in [6.07, 6.45) is 5.57. The zero-order chi connectivity index (χ0) is 31.0. The van der Waals surface area contributed by atoms with Crippen LogP contribution < -0.4 is 11.1 Å². The minimum absolute atomic E-state index is 0.245. The summed E-state index contributed by atoms with van der Waals surface area (Å²) in [5.74, 6) is -1.45. The summed E-state index contributed by atoms with van der Waals surface area (Å²) in [5.41, 5.74) is 6.34. The molecule has 2 aromatic rings. The summed E-state index contributed by atoms with van der Waals surface area (Å²) in [4.78, 5) is 59.8. The van der Waals surface area contributed by atoms with Crippen molar-refractivity contribution in [3.63, 3.8) is 0 Å². The molecule has 42 heavy (non-hydrogen) atoms. The van der Waals surface area contributed by atoms with Crippen LogP contribution in [0.2, 0.25) is 0 Å². The van der Waals surface area contributed by atoms with Crippen LogP contribution in [-0.4, -0.2) is 76.3 Å². The normalized spacial score (nSPS) is 16.5. The number of unbranched alkanes of at least 4 members (excludes halogenated alkanes) is 1. The van der Waals surface area contributed by atoms with Crippen LogP contribution in [0.1, 0.15) is 87.3 Å². The molecule has 2 heterocycles. The summed E-state index contributed by atoms with van der Waals surface area (Å²) in [5, 5.41) is 2.86. The van der Waals surface area contributed by atoms with Gasteiger partial charge in [0, 0.05) is 37.1 Å². The number of ketones is 1. The maximum Gasteiger partial charge on any atom is 0.410 e. The summed E-state index contributed by atoms with van der Waals surface area (Å²) in [6.45, 7) is 7.74. The molecule has 0 aliphatic carbocycles. The van der Waals surface area contributed by atoms with Crippen molar-refractivity contribution in [2.24, 2.45) is 5.73 Å². The number of carbonyl (C=O) groups excluding carboxylic acids is 4. The lowest BCUT2D eigenvalue weighted by molar-refractivity contribution is -0.138. The molecular weight excluding hydrogens is 541 g/mol. The minimum Gasteiger partial charge on any atom is -0.444 e. The predicted octanol–water partition coefficient (Wildman–Crippen LogP) is 3.98. The Bertz CT molecular complexity index is 1260. The van der Waals surface area contributed by atoms with Gasteiger partial charge in [0.25, 0.3) is 0 Å². The van der Waals surface area contributed by atoms with Crippen molar-refractivity contribution in [1.29, 1.82) is 0 Å². The molecule has 1 saturated heterocycles. The maximum atomic E-state index is 13.9. The van der Waals surface area contributed by atoms with E-state index in [-0.39, 0.29) is 17.7 Å². The van der Waals surface area contributed by atoms with Crippen LogP contribution in [0.15, 0.2) is 42.7 Å². The largest absolute Gasteiger partial charge is 0.444 e. The van der Waals surface area contributed by atoms with Gasteiger partial charge in [-0.1, -0.05) is 0 Å². The van der Waals surface area contributed by atoms with Gasteiger partial charge in [0.1, 0.15) is 23.5 Å². The number of amides is 3. The van der Waals surface area contributed by atoms with E-state index in [1.807, 2.05) is 0 Å². The van der Waals surface area contributed by atoms with E-state index in [9.17, 15) is 23.6 Å². The molecule has 1 aromatic heterocycles. The van der Waals surface area contributed by atoms with Crippen molar-refractivity contribution in [3.8, 4) is 0 Å². The third-order valence-electron chi connectivity index (χ3n) is 7.25. The van der Waals surface area contributed by atoms with E-state index >= 15 is 0 Å². The van der Waals surface area contributed by atoms with Gasteiger partial charge in [0.05, 0.1) is 6.04 Å². The summed E-state index contributed by atoms with van der Waals surface area (Å²) >= 11 is 0. The lowest BCUT2D eigenvalue weighted by Crippen LogP contribution is -2.54. The van der Waals surface area contributed by atoms with Gasteiger partial charge < -0.3 is 20.7 Å². The van der Waals surface area contributed by atoms with E-state index in [4.69, 9.17) is 10.5 Å². The van der Waals surface area contributed by atoms with Crippen LogP contribution >= 0.6 is 0 Å². The van der Waals surface area contributed by atoms with Gasteiger partial charge in [0.15, 0.2) is 5.78 Å². The third-order valence-corrected chi connectivity index (χ3v) is 7.25. The second kappa shape index (κ2) is 14.4. The number of hydrogen-bond acceptors (Lipinski definition) is 7. The quantitative estimate of drug-likeness (QED) is 0.302. The van der Waals surface area contributed by atoms with Crippen LogP contribution in [0.25, 0.3) is 0 Å². The highest BCUT2D eigenvalue weighted by Gasteiger charge is 2.36. The van der Waals surface area contributed by atoms with E-state index < -0.39 is 35.5 Å². The number of carbonyl (C=O) groups is 4. The molecule has 0 saturated carbocycles. The second-order valence-electron chi connectivity index (χ2n) is 11.6. The number of aromatic nitrogens is 1. The topological polar surface area (TPSA) is 135 Å². The zero-order valence-corrected chi connectivity index (χ0v) is 25.1. The average molecular weight is 584 g/mol. The fourth-order valence-corrected chi connectivity index (χ4v) is 4.82. The highest BCUT2D eigenvalue weighted by molar-refractivity contribution is 6.08. The first kappa shape index (κ1) is 32.7. The summed E-state index contributed by atoms with van der Waals surface area (Å²) in [6, 6.07) is 4.99. The van der Waals surface area contributed by atoms with E-state index in [0.717, 1.165) is 6.42 Å². The van der Waals surface area contributed by atoms with Crippen molar-refractivity contribution < 1.29 is 28.3 Å². The van der Waals surface area contributed by atoms with Gasteiger partial charge in [-0.15, -0.1) is 0 Å². The molecule has 1 aromatic carbocycles. The number of benzene rings is 1. The number of likely N-dealkylation sites (tertiary alicyclic amines) is 1. The smallest absolute Gasteiger partial charge is 0.410 e. The summed E-state index contributed by atoms with van der Waals surface area (Å²) < 4.78 is 18.7. The summed E-state index contributed by atoms with van der Waals surface area (Å²) in [7, 11) is 1.48. The molecule has 3 atom stereocenters. The highest BCUT2D eigenvalue weighted by Crippen LogP contribution is 2.33.